The van der Waals surface area contributed by atoms with Gasteiger partial charge in [-0.05, 0) is 21.0 Å². The number of aliphatic hydroxyl groups is 1. The van der Waals surface area contributed by atoms with Crippen LogP contribution in [0.2, 0.25) is 5.15 Å². The van der Waals surface area contributed by atoms with Crippen molar-refractivity contribution < 1.29 is 9.90 Å². The Bertz CT molecular complexity index is 423. The summed E-state index contributed by atoms with van der Waals surface area (Å²) in [4.78, 5) is 21.2. The Kier molecular flexibility index (Phi) is 5.01. The molecule has 18 heavy (non-hydrogen) atoms. The van der Waals surface area contributed by atoms with Gasteiger partial charge in [0.25, 0.3) is 5.91 Å². The Morgan fingerprint density at radius 2 is 2.22 bits per heavy atom. The Balaban J connectivity index is 2.56. The predicted molar refractivity (Wildman–Crippen MR) is 68.6 cm³/mol. The molecule has 0 aromatic carbocycles. The van der Waals surface area contributed by atoms with E-state index in [-0.39, 0.29) is 17.4 Å². The standard InChI is InChI=1S/C11H17ClN4O2/c1-11(18,7-16(2)3)6-14-10(17)8-4-13-5-9(12)15-8/h4-5,18H,6-7H2,1-3H3,(H,14,17). The maximum Gasteiger partial charge on any atom is 0.271 e. The van der Waals surface area contributed by atoms with E-state index in [0.717, 1.165) is 0 Å². The lowest BCUT2D eigenvalue weighted by molar-refractivity contribution is 0.0325. The van der Waals surface area contributed by atoms with Crippen LogP contribution >= 0.6 is 11.6 Å². The Labute approximate surface area is 111 Å². The third-order valence-electron chi connectivity index (χ3n) is 2.12. The van der Waals surface area contributed by atoms with Gasteiger partial charge in [0.05, 0.1) is 18.0 Å². The fourth-order valence-corrected chi connectivity index (χ4v) is 1.70. The van der Waals surface area contributed by atoms with E-state index in [9.17, 15) is 9.90 Å². The van der Waals surface area contributed by atoms with E-state index in [2.05, 4.69) is 15.3 Å². The van der Waals surface area contributed by atoms with E-state index >= 15 is 0 Å². The van der Waals surface area contributed by atoms with Crippen molar-refractivity contribution in [1.29, 1.82) is 0 Å². The normalized spacial score (nSPS) is 14.3. The second kappa shape index (κ2) is 6.08. The molecule has 0 radical (unpaired) electrons. The minimum Gasteiger partial charge on any atom is -0.387 e. The first-order chi connectivity index (χ1) is 8.30. The maximum atomic E-state index is 11.7. The van der Waals surface area contributed by atoms with Crippen LogP contribution in [0.3, 0.4) is 0 Å². The van der Waals surface area contributed by atoms with Crippen LogP contribution in [0.1, 0.15) is 17.4 Å². The first kappa shape index (κ1) is 14.8. The van der Waals surface area contributed by atoms with Crippen molar-refractivity contribution in [2.45, 2.75) is 12.5 Å². The number of carbonyl (C=O) groups excluding carboxylic acids is 1. The molecule has 1 aromatic heterocycles. The highest BCUT2D eigenvalue weighted by atomic mass is 35.5. The lowest BCUT2D eigenvalue weighted by atomic mass is 10.1. The molecule has 0 fully saturated rings. The van der Waals surface area contributed by atoms with Gasteiger partial charge < -0.3 is 15.3 Å². The molecule has 0 bridgehead atoms. The highest BCUT2D eigenvalue weighted by Gasteiger charge is 2.22. The van der Waals surface area contributed by atoms with Crippen molar-refractivity contribution in [2.24, 2.45) is 0 Å². The van der Waals surface area contributed by atoms with E-state index in [0.29, 0.717) is 6.54 Å². The van der Waals surface area contributed by atoms with Gasteiger partial charge in [-0.25, -0.2) is 4.98 Å². The molecule has 1 rings (SSSR count). The fourth-order valence-electron chi connectivity index (χ4n) is 1.55. The number of likely N-dealkylation sites (N-methyl/N-ethyl adjacent to an activating group) is 1. The largest absolute Gasteiger partial charge is 0.387 e. The van der Waals surface area contributed by atoms with Gasteiger partial charge in [0.15, 0.2) is 0 Å². The van der Waals surface area contributed by atoms with Crippen LogP contribution < -0.4 is 5.32 Å². The molecule has 100 valence electrons. The van der Waals surface area contributed by atoms with Crippen LogP contribution in [0.4, 0.5) is 0 Å². The van der Waals surface area contributed by atoms with Crippen molar-refractivity contribution in [3.8, 4) is 0 Å². The molecule has 1 heterocycles. The topological polar surface area (TPSA) is 78.4 Å². The molecule has 6 nitrogen and oxygen atoms in total. The molecule has 1 unspecified atom stereocenters. The number of rotatable bonds is 5. The molecule has 0 aliphatic rings. The van der Waals surface area contributed by atoms with Crippen LogP contribution in [0, 0.1) is 0 Å². The molecular formula is C11H17ClN4O2. The van der Waals surface area contributed by atoms with Gasteiger partial charge in [0, 0.05) is 13.1 Å². The summed E-state index contributed by atoms with van der Waals surface area (Å²) < 4.78 is 0. The lowest BCUT2D eigenvalue weighted by Crippen LogP contribution is -2.47. The van der Waals surface area contributed by atoms with E-state index in [1.165, 1.54) is 12.4 Å². The molecule has 2 N–H and O–H groups in total. The number of nitrogens with one attached hydrogen (secondary N) is 1. The van der Waals surface area contributed by atoms with Crippen molar-refractivity contribution in [3.05, 3.63) is 23.2 Å². The summed E-state index contributed by atoms with van der Waals surface area (Å²) in [5.74, 6) is -0.413. The lowest BCUT2D eigenvalue weighted by Gasteiger charge is -2.26. The monoisotopic (exact) mass is 272 g/mol. The zero-order valence-corrected chi connectivity index (χ0v) is 11.4. The average molecular weight is 273 g/mol. The van der Waals surface area contributed by atoms with E-state index in [4.69, 9.17) is 11.6 Å². The fraction of sp³-hybridized carbons (Fsp3) is 0.545. The molecule has 0 aliphatic heterocycles. The van der Waals surface area contributed by atoms with Gasteiger partial charge in [0.2, 0.25) is 0 Å². The van der Waals surface area contributed by atoms with Crippen molar-refractivity contribution in [1.82, 2.24) is 20.2 Å². The summed E-state index contributed by atoms with van der Waals surface area (Å²) in [7, 11) is 3.69. The minimum absolute atomic E-state index is 0.123. The van der Waals surface area contributed by atoms with Crippen LogP contribution in [0.15, 0.2) is 12.4 Å². The third kappa shape index (κ3) is 4.95. The summed E-state index contributed by atoms with van der Waals surface area (Å²) in [6.45, 7) is 2.21. The zero-order chi connectivity index (χ0) is 13.8. The summed E-state index contributed by atoms with van der Waals surface area (Å²) >= 11 is 5.64. The zero-order valence-electron chi connectivity index (χ0n) is 10.6. The number of hydrogen-bond acceptors (Lipinski definition) is 5. The smallest absolute Gasteiger partial charge is 0.271 e. The van der Waals surface area contributed by atoms with E-state index in [1.807, 2.05) is 19.0 Å². The SMILES string of the molecule is CN(C)CC(C)(O)CNC(=O)c1cncc(Cl)n1. The second-order valence-electron chi connectivity index (χ2n) is 4.64. The number of nitrogens with zero attached hydrogens (tertiary/aromatic N) is 3. The number of hydrogen-bond donors (Lipinski definition) is 2. The minimum atomic E-state index is -1.01. The summed E-state index contributed by atoms with van der Waals surface area (Å²) in [5.41, 5.74) is -0.881. The summed E-state index contributed by atoms with van der Waals surface area (Å²) in [6.07, 6.45) is 2.67. The molecule has 0 saturated carbocycles. The summed E-state index contributed by atoms with van der Waals surface area (Å²) in [5, 5.41) is 12.8. The molecule has 1 amide bonds. The van der Waals surface area contributed by atoms with Gasteiger partial charge in [-0.3, -0.25) is 9.78 Å². The Morgan fingerprint density at radius 1 is 1.56 bits per heavy atom. The summed E-state index contributed by atoms with van der Waals surface area (Å²) in [6, 6.07) is 0. The highest BCUT2D eigenvalue weighted by molar-refractivity contribution is 6.29. The molecule has 0 aliphatic carbocycles. The van der Waals surface area contributed by atoms with Gasteiger partial charge in [-0.1, -0.05) is 11.6 Å². The van der Waals surface area contributed by atoms with Crippen LogP contribution in [-0.4, -0.2) is 58.7 Å². The molecule has 7 heteroatoms. The number of amides is 1. The third-order valence-corrected chi connectivity index (χ3v) is 2.31. The van der Waals surface area contributed by atoms with Gasteiger partial charge in [-0.15, -0.1) is 0 Å². The molecule has 0 spiro atoms. The van der Waals surface area contributed by atoms with E-state index in [1.54, 1.807) is 6.92 Å². The van der Waals surface area contributed by atoms with Crippen molar-refractivity contribution in [2.75, 3.05) is 27.2 Å². The Morgan fingerprint density at radius 3 is 2.78 bits per heavy atom. The van der Waals surface area contributed by atoms with Gasteiger partial charge in [-0.2, -0.15) is 0 Å². The van der Waals surface area contributed by atoms with Crippen LogP contribution in [0.5, 0.6) is 0 Å². The average Bonchev–Trinajstić information content (AvgIpc) is 2.24. The van der Waals surface area contributed by atoms with Crippen molar-refractivity contribution in [3.63, 3.8) is 0 Å². The second-order valence-corrected chi connectivity index (χ2v) is 5.03. The predicted octanol–water partition coefficient (Wildman–Crippen LogP) is 0.172. The number of aromatic nitrogens is 2. The van der Waals surface area contributed by atoms with Crippen molar-refractivity contribution >= 4 is 17.5 Å². The Hall–Kier alpha value is -1.24. The quantitative estimate of drug-likeness (QED) is 0.799. The molecule has 1 aromatic rings. The first-order valence-corrected chi connectivity index (χ1v) is 5.81. The first-order valence-electron chi connectivity index (χ1n) is 5.43. The van der Waals surface area contributed by atoms with Crippen LogP contribution in [0.25, 0.3) is 0 Å². The highest BCUT2D eigenvalue weighted by Crippen LogP contribution is 2.05. The molecule has 1 atom stereocenters. The van der Waals surface area contributed by atoms with Gasteiger partial charge in [0.1, 0.15) is 10.8 Å². The molecular weight excluding hydrogens is 256 g/mol. The van der Waals surface area contributed by atoms with Gasteiger partial charge >= 0.3 is 0 Å². The number of carbonyl (C=O) groups is 1. The van der Waals surface area contributed by atoms with Crippen LogP contribution in [-0.2, 0) is 0 Å². The maximum absolute atomic E-state index is 11.7. The van der Waals surface area contributed by atoms with E-state index < -0.39 is 11.5 Å². The number of halogens is 1. The molecule has 0 saturated heterocycles.